The predicted octanol–water partition coefficient (Wildman–Crippen LogP) is 1.63. The van der Waals surface area contributed by atoms with Gasteiger partial charge in [0.15, 0.2) is 0 Å². The fourth-order valence-electron chi connectivity index (χ4n) is 1.53. The van der Waals surface area contributed by atoms with Gasteiger partial charge in [-0.05, 0) is 12.8 Å². The lowest BCUT2D eigenvalue weighted by Crippen LogP contribution is -2.35. The summed E-state index contributed by atoms with van der Waals surface area (Å²) in [5, 5.41) is 0. The number of rotatable bonds is 2. The molecule has 0 radical (unpaired) electrons. The van der Waals surface area contributed by atoms with E-state index in [0.717, 1.165) is 19.4 Å². The zero-order valence-electron chi connectivity index (χ0n) is 6.85. The summed E-state index contributed by atoms with van der Waals surface area (Å²) in [6.45, 7) is 2.80. The molecule has 1 heterocycles. The molecule has 2 nitrogen and oxygen atoms in total. The Labute approximate surface area is 72.5 Å². The molecule has 0 bridgehead atoms. The Kier molecular flexibility index (Phi) is 3.18. The summed E-state index contributed by atoms with van der Waals surface area (Å²) in [6.07, 6.45) is 2.80. The van der Waals surface area contributed by atoms with Crippen molar-refractivity contribution in [2.75, 3.05) is 12.4 Å². The van der Waals surface area contributed by atoms with Gasteiger partial charge in [-0.25, -0.2) is 0 Å². The molecule has 1 amide bonds. The van der Waals surface area contributed by atoms with E-state index in [9.17, 15) is 4.79 Å². The first-order valence-corrected chi connectivity index (χ1v) is 4.68. The quantitative estimate of drug-likeness (QED) is 0.585. The normalized spacial score (nSPS) is 24.2. The van der Waals surface area contributed by atoms with Crippen molar-refractivity contribution in [3.05, 3.63) is 0 Å². The van der Waals surface area contributed by atoms with Gasteiger partial charge in [-0.1, -0.05) is 6.92 Å². The SMILES string of the molecule is CCC(=O)N1CCCC1CCl. The van der Waals surface area contributed by atoms with Gasteiger partial charge >= 0.3 is 0 Å². The average molecular weight is 176 g/mol. The van der Waals surface area contributed by atoms with Crippen LogP contribution in [0.4, 0.5) is 0 Å². The topological polar surface area (TPSA) is 20.3 Å². The van der Waals surface area contributed by atoms with Crippen LogP contribution in [0.5, 0.6) is 0 Å². The maximum absolute atomic E-state index is 11.3. The van der Waals surface area contributed by atoms with E-state index < -0.39 is 0 Å². The Morgan fingerprint density at radius 2 is 2.45 bits per heavy atom. The highest BCUT2D eigenvalue weighted by Crippen LogP contribution is 2.18. The molecule has 0 aromatic carbocycles. The average Bonchev–Trinajstić information content (AvgIpc) is 2.50. The fourth-order valence-corrected chi connectivity index (χ4v) is 1.85. The maximum atomic E-state index is 11.3. The van der Waals surface area contributed by atoms with E-state index >= 15 is 0 Å². The van der Waals surface area contributed by atoms with Crippen LogP contribution >= 0.6 is 11.6 Å². The molecule has 0 N–H and O–H groups in total. The number of nitrogens with zero attached hydrogens (tertiary/aromatic N) is 1. The van der Waals surface area contributed by atoms with Crippen molar-refractivity contribution in [2.45, 2.75) is 32.2 Å². The summed E-state index contributed by atoms with van der Waals surface area (Å²) < 4.78 is 0. The van der Waals surface area contributed by atoms with E-state index in [2.05, 4.69) is 0 Å². The molecule has 1 aliphatic rings. The summed E-state index contributed by atoms with van der Waals surface area (Å²) in [5.41, 5.74) is 0. The van der Waals surface area contributed by atoms with Crippen molar-refractivity contribution in [1.82, 2.24) is 4.90 Å². The highest BCUT2D eigenvalue weighted by Gasteiger charge is 2.26. The van der Waals surface area contributed by atoms with Crippen LogP contribution in [0.25, 0.3) is 0 Å². The number of hydrogen-bond acceptors (Lipinski definition) is 1. The van der Waals surface area contributed by atoms with Crippen LogP contribution in [-0.2, 0) is 4.79 Å². The maximum Gasteiger partial charge on any atom is 0.222 e. The summed E-state index contributed by atoms with van der Waals surface area (Å²) in [7, 11) is 0. The Morgan fingerprint density at radius 1 is 1.73 bits per heavy atom. The minimum absolute atomic E-state index is 0.244. The van der Waals surface area contributed by atoms with Gasteiger partial charge in [-0.3, -0.25) is 4.79 Å². The van der Waals surface area contributed by atoms with E-state index in [1.165, 1.54) is 0 Å². The van der Waals surface area contributed by atoms with Crippen molar-refractivity contribution >= 4 is 17.5 Å². The highest BCUT2D eigenvalue weighted by atomic mass is 35.5. The van der Waals surface area contributed by atoms with Crippen LogP contribution < -0.4 is 0 Å². The van der Waals surface area contributed by atoms with Crippen LogP contribution in [0.1, 0.15) is 26.2 Å². The Morgan fingerprint density at radius 3 is 3.00 bits per heavy atom. The minimum Gasteiger partial charge on any atom is -0.339 e. The van der Waals surface area contributed by atoms with Gasteiger partial charge < -0.3 is 4.90 Å². The van der Waals surface area contributed by atoms with Crippen LogP contribution in [-0.4, -0.2) is 29.3 Å². The Hall–Kier alpha value is -0.240. The van der Waals surface area contributed by atoms with Gasteiger partial charge in [0.25, 0.3) is 0 Å². The molecule has 3 heteroatoms. The smallest absolute Gasteiger partial charge is 0.222 e. The molecule has 1 unspecified atom stereocenters. The second-order valence-corrected chi connectivity index (χ2v) is 3.20. The number of halogens is 1. The molecule has 64 valence electrons. The third-order valence-electron chi connectivity index (χ3n) is 2.18. The molecule has 0 saturated carbocycles. The number of amides is 1. The fraction of sp³-hybridized carbons (Fsp3) is 0.875. The van der Waals surface area contributed by atoms with E-state index in [1.54, 1.807) is 0 Å². The van der Waals surface area contributed by atoms with Gasteiger partial charge in [0, 0.05) is 24.9 Å². The summed E-state index contributed by atoms with van der Waals surface area (Å²) in [5.74, 6) is 0.833. The predicted molar refractivity (Wildman–Crippen MR) is 45.7 cm³/mol. The summed E-state index contributed by atoms with van der Waals surface area (Å²) in [6, 6.07) is 0.309. The van der Waals surface area contributed by atoms with Gasteiger partial charge in [-0.15, -0.1) is 11.6 Å². The van der Waals surface area contributed by atoms with Crippen LogP contribution in [0.15, 0.2) is 0 Å². The largest absolute Gasteiger partial charge is 0.339 e. The monoisotopic (exact) mass is 175 g/mol. The molecule has 0 aromatic heterocycles. The number of carbonyl (C=O) groups excluding carboxylic acids is 1. The molecule has 1 saturated heterocycles. The standard InChI is InChI=1S/C8H14ClNO/c1-2-8(11)10-5-3-4-7(10)6-9/h7H,2-6H2,1H3. The van der Waals surface area contributed by atoms with Gasteiger partial charge in [-0.2, -0.15) is 0 Å². The number of carbonyl (C=O) groups is 1. The molecular formula is C8H14ClNO. The molecule has 11 heavy (non-hydrogen) atoms. The zero-order chi connectivity index (χ0) is 8.27. The lowest BCUT2D eigenvalue weighted by Gasteiger charge is -2.21. The molecule has 0 aliphatic carbocycles. The molecule has 1 atom stereocenters. The number of alkyl halides is 1. The number of likely N-dealkylation sites (tertiary alicyclic amines) is 1. The lowest BCUT2D eigenvalue weighted by molar-refractivity contribution is -0.131. The van der Waals surface area contributed by atoms with E-state index in [4.69, 9.17) is 11.6 Å². The van der Waals surface area contributed by atoms with Crippen LogP contribution in [0.2, 0.25) is 0 Å². The molecule has 1 rings (SSSR count). The van der Waals surface area contributed by atoms with Gasteiger partial charge in [0.2, 0.25) is 5.91 Å². The van der Waals surface area contributed by atoms with Crippen LogP contribution in [0.3, 0.4) is 0 Å². The molecule has 0 aromatic rings. The first-order chi connectivity index (χ1) is 5.29. The Balaban J connectivity index is 2.49. The van der Waals surface area contributed by atoms with E-state index in [0.29, 0.717) is 18.3 Å². The van der Waals surface area contributed by atoms with E-state index in [1.807, 2.05) is 11.8 Å². The molecular weight excluding hydrogens is 162 g/mol. The van der Waals surface area contributed by atoms with Crippen LogP contribution in [0, 0.1) is 0 Å². The Bertz CT molecular complexity index is 149. The number of hydrogen-bond donors (Lipinski definition) is 0. The first kappa shape index (κ1) is 8.85. The molecule has 1 fully saturated rings. The molecule has 0 spiro atoms. The van der Waals surface area contributed by atoms with Crippen molar-refractivity contribution in [1.29, 1.82) is 0 Å². The second kappa shape index (κ2) is 3.96. The highest BCUT2D eigenvalue weighted by molar-refractivity contribution is 6.18. The third-order valence-corrected chi connectivity index (χ3v) is 2.53. The van der Waals surface area contributed by atoms with Crippen molar-refractivity contribution in [2.24, 2.45) is 0 Å². The van der Waals surface area contributed by atoms with E-state index in [-0.39, 0.29) is 5.91 Å². The zero-order valence-corrected chi connectivity index (χ0v) is 7.60. The summed E-state index contributed by atoms with van der Waals surface area (Å²) >= 11 is 5.71. The van der Waals surface area contributed by atoms with Gasteiger partial charge in [0.1, 0.15) is 0 Å². The minimum atomic E-state index is 0.244. The molecule has 1 aliphatic heterocycles. The first-order valence-electron chi connectivity index (χ1n) is 4.15. The van der Waals surface area contributed by atoms with Gasteiger partial charge in [0.05, 0.1) is 0 Å². The van der Waals surface area contributed by atoms with Crippen molar-refractivity contribution < 1.29 is 4.79 Å². The summed E-state index contributed by atoms with van der Waals surface area (Å²) in [4.78, 5) is 13.2. The second-order valence-electron chi connectivity index (χ2n) is 2.89. The third kappa shape index (κ3) is 1.86. The van der Waals surface area contributed by atoms with Crippen molar-refractivity contribution in [3.63, 3.8) is 0 Å². The lowest BCUT2D eigenvalue weighted by atomic mass is 10.2. The van der Waals surface area contributed by atoms with Crippen molar-refractivity contribution in [3.8, 4) is 0 Å².